The molecule has 0 spiro atoms. The standard InChI is InChI=1S/C18H20FNO/c19-18(11-12-21)15-20(13-16-7-3-1-4-8-16)14-17-9-5-2-6-10-17/h1-10,12,18H,11,13-15H2/t18-/m1/s1. The molecule has 3 heteroatoms. The van der Waals surface area contributed by atoms with Crippen LogP contribution in [0.1, 0.15) is 17.5 Å². The normalized spacial score (nSPS) is 12.3. The van der Waals surface area contributed by atoms with Crippen molar-refractivity contribution < 1.29 is 9.18 Å². The molecule has 0 radical (unpaired) electrons. The molecular weight excluding hydrogens is 265 g/mol. The number of aldehydes is 1. The number of carbonyl (C=O) groups is 1. The average molecular weight is 285 g/mol. The first-order valence-electron chi connectivity index (χ1n) is 7.16. The summed E-state index contributed by atoms with van der Waals surface area (Å²) in [5, 5.41) is 0. The molecule has 0 heterocycles. The summed E-state index contributed by atoms with van der Waals surface area (Å²) in [6.45, 7) is 1.62. The van der Waals surface area contributed by atoms with Gasteiger partial charge in [-0.2, -0.15) is 0 Å². The topological polar surface area (TPSA) is 20.3 Å². The van der Waals surface area contributed by atoms with Crippen molar-refractivity contribution in [3.05, 3.63) is 71.8 Å². The van der Waals surface area contributed by atoms with Crippen LogP contribution in [-0.4, -0.2) is 23.9 Å². The summed E-state index contributed by atoms with van der Waals surface area (Å²) in [5.74, 6) is 0. The Morgan fingerprint density at radius 3 is 1.81 bits per heavy atom. The molecule has 0 bridgehead atoms. The molecule has 2 rings (SSSR count). The van der Waals surface area contributed by atoms with Crippen LogP contribution >= 0.6 is 0 Å². The summed E-state index contributed by atoms with van der Waals surface area (Å²) in [7, 11) is 0. The first-order valence-corrected chi connectivity index (χ1v) is 7.16. The zero-order chi connectivity index (χ0) is 14.9. The highest BCUT2D eigenvalue weighted by molar-refractivity contribution is 5.50. The molecule has 1 atom stereocenters. The third-order valence-electron chi connectivity index (χ3n) is 3.31. The van der Waals surface area contributed by atoms with Gasteiger partial charge in [-0.15, -0.1) is 0 Å². The number of halogens is 1. The zero-order valence-electron chi connectivity index (χ0n) is 12.0. The van der Waals surface area contributed by atoms with Gasteiger partial charge in [-0.05, 0) is 11.1 Å². The summed E-state index contributed by atoms with van der Waals surface area (Å²) in [6.07, 6.45) is -0.511. The van der Waals surface area contributed by atoms with Crippen molar-refractivity contribution in [2.75, 3.05) is 6.54 Å². The number of rotatable bonds is 8. The van der Waals surface area contributed by atoms with E-state index in [0.717, 1.165) is 11.1 Å². The molecule has 2 nitrogen and oxygen atoms in total. The van der Waals surface area contributed by atoms with E-state index < -0.39 is 6.17 Å². The van der Waals surface area contributed by atoms with Gasteiger partial charge in [-0.25, -0.2) is 4.39 Å². The third-order valence-corrected chi connectivity index (χ3v) is 3.31. The number of alkyl halides is 1. The van der Waals surface area contributed by atoms with Crippen LogP contribution in [-0.2, 0) is 17.9 Å². The summed E-state index contributed by atoms with van der Waals surface area (Å²) >= 11 is 0. The Hall–Kier alpha value is -2.00. The Kier molecular flexibility index (Phi) is 6.10. The maximum Gasteiger partial charge on any atom is 0.122 e. The van der Waals surface area contributed by atoms with Crippen LogP contribution in [0.2, 0.25) is 0 Å². The first-order chi connectivity index (χ1) is 10.3. The molecule has 0 aliphatic heterocycles. The largest absolute Gasteiger partial charge is 0.303 e. The van der Waals surface area contributed by atoms with Crippen molar-refractivity contribution in [3.63, 3.8) is 0 Å². The Labute approximate surface area is 125 Å². The second-order valence-electron chi connectivity index (χ2n) is 5.14. The minimum absolute atomic E-state index is 0.0416. The fourth-order valence-corrected chi connectivity index (χ4v) is 2.33. The van der Waals surface area contributed by atoms with Crippen LogP contribution in [0.3, 0.4) is 0 Å². The molecule has 0 fully saturated rings. The Bertz CT molecular complexity index is 488. The quantitative estimate of drug-likeness (QED) is 0.690. The second-order valence-corrected chi connectivity index (χ2v) is 5.14. The van der Waals surface area contributed by atoms with Gasteiger partial charge < -0.3 is 4.79 Å². The van der Waals surface area contributed by atoms with E-state index in [0.29, 0.717) is 19.4 Å². The lowest BCUT2D eigenvalue weighted by molar-refractivity contribution is -0.108. The second kappa shape index (κ2) is 8.32. The van der Waals surface area contributed by atoms with E-state index in [1.165, 1.54) is 0 Å². The van der Waals surface area contributed by atoms with Crippen LogP contribution in [0.4, 0.5) is 4.39 Å². The van der Waals surface area contributed by atoms with Gasteiger partial charge in [-0.3, -0.25) is 4.90 Å². The van der Waals surface area contributed by atoms with Crippen LogP contribution in [0.5, 0.6) is 0 Å². The van der Waals surface area contributed by atoms with Crippen molar-refractivity contribution in [2.45, 2.75) is 25.7 Å². The molecule has 21 heavy (non-hydrogen) atoms. The van der Waals surface area contributed by atoms with Gasteiger partial charge in [0.2, 0.25) is 0 Å². The Balaban J connectivity index is 2.04. The first kappa shape index (κ1) is 15.4. The van der Waals surface area contributed by atoms with Crippen molar-refractivity contribution >= 4 is 6.29 Å². The summed E-state index contributed by atoms with van der Waals surface area (Å²) in [4.78, 5) is 12.5. The van der Waals surface area contributed by atoms with E-state index in [4.69, 9.17) is 0 Å². The predicted molar refractivity (Wildman–Crippen MR) is 82.6 cm³/mol. The Morgan fingerprint density at radius 2 is 1.38 bits per heavy atom. The minimum Gasteiger partial charge on any atom is -0.303 e. The fourth-order valence-electron chi connectivity index (χ4n) is 2.33. The lowest BCUT2D eigenvalue weighted by Gasteiger charge is -2.24. The van der Waals surface area contributed by atoms with E-state index in [1.807, 2.05) is 65.6 Å². The van der Waals surface area contributed by atoms with Crippen molar-refractivity contribution in [1.29, 1.82) is 0 Å². The van der Waals surface area contributed by atoms with Gasteiger partial charge in [0.15, 0.2) is 0 Å². The van der Waals surface area contributed by atoms with E-state index in [-0.39, 0.29) is 13.0 Å². The van der Waals surface area contributed by atoms with Crippen molar-refractivity contribution in [2.24, 2.45) is 0 Å². The number of benzene rings is 2. The summed E-state index contributed by atoms with van der Waals surface area (Å²) < 4.78 is 13.8. The molecule has 0 aliphatic carbocycles. The highest BCUT2D eigenvalue weighted by Crippen LogP contribution is 2.12. The third kappa shape index (κ3) is 5.48. The molecular formula is C18H20FNO. The number of carbonyl (C=O) groups excluding carboxylic acids is 1. The van der Waals surface area contributed by atoms with Crippen LogP contribution in [0, 0.1) is 0 Å². The lowest BCUT2D eigenvalue weighted by Crippen LogP contribution is -2.30. The molecule has 0 saturated carbocycles. The summed E-state index contributed by atoms with van der Waals surface area (Å²) in [6, 6.07) is 20.0. The van der Waals surface area contributed by atoms with Crippen LogP contribution < -0.4 is 0 Å². The molecule has 0 aromatic heterocycles. The molecule has 0 amide bonds. The maximum absolute atomic E-state index is 13.8. The number of hydrogen-bond acceptors (Lipinski definition) is 2. The molecule has 0 unspecified atom stereocenters. The van der Waals surface area contributed by atoms with Gasteiger partial charge in [0, 0.05) is 26.1 Å². The van der Waals surface area contributed by atoms with Gasteiger partial charge >= 0.3 is 0 Å². The van der Waals surface area contributed by atoms with Crippen molar-refractivity contribution in [3.8, 4) is 0 Å². The van der Waals surface area contributed by atoms with Gasteiger partial charge in [0.1, 0.15) is 12.5 Å². The highest BCUT2D eigenvalue weighted by Gasteiger charge is 2.14. The summed E-state index contributed by atoms with van der Waals surface area (Å²) in [5.41, 5.74) is 2.29. The molecule has 0 N–H and O–H groups in total. The average Bonchev–Trinajstić information content (AvgIpc) is 2.49. The number of hydrogen-bond donors (Lipinski definition) is 0. The molecule has 2 aromatic carbocycles. The maximum atomic E-state index is 13.8. The SMILES string of the molecule is O=CC[C@@H](F)CN(Cc1ccccc1)Cc1ccccc1. The molecule has 0 saturated heterocycles. The van der Waals surface area contributed by atoms with E-state index in [2.05, 4.69) is 0 Å². The van der Waals surface area contributed by atoms with E-state index in [9.17, 15) is 9.18 Å². The fraction of sp³-hybridized carbons (Fsp3) is 0.278. The lowest BCUT2D eigenvalue weighted by atomic mass is 10.1. The van der Waals surface area contributed by atoms with Gasteiger partial charge in [0.25, 0.3) is 0 Å². The zero-order valence-corrected chi connectivity index (χ0v) is 12.0. The Morgan fingerprint density at radius 1 is 0.905 bits per heavy atom. The minimum atomic E-state index is -1.12. The van der Waals surface area contributed by atoms with Crippen LogP contribution in [0.15, 0.2) is 60.7 Å². The monoisotopic (exact) mass is 285 g/mol. The van der Waals surface area contributed by atoms with Gasteiger partial charge in [-0.1, -0.05) is 60.7 Å². The van der Waals surface area contributed by atoms with E-state index in [1.54, 1.807) is 0 Å². The number of nitrogens with zero attached hydrogens (tertiary/aromatic N) is 1. The predicted octanol–water partition coefficient (Wildman–Crippen LogP) is 3.62. The molecule has 110 valence electrons. The smallest absolute Gasteiger partial charge is 0.122 e. The van der Waals surface area contributed by atoms with Gasteiger partial charge in [0.05, 0.1) is 0 Å². The highest BCUT2D eigenvalue weighted by atomic mass is 19.1. The molecule has 2 aromatic rings. The molecule has 0 aliphatic rings. The van der Waals surface area contributed by atoms with Crippen molar-refractivity contribution in [1.82, 2.24) is 4.90 Å². The van der Waals surface area contributed by atoms with E-state index >= 15 is 0 Å². The van der Waals surface area contributed by atoms with Crippen LogP contribution in [0.25, 0.3) is 0 Å².